The molecular formula is C19H28Cl2O. The summed E-state index contributed by atoms with van der Waals surface area (Å²) in [6, 6.07) is 4.63. The fraction of sp³-hybridized carbons (Fsp3) is 0.579. The van der Waals surface area contributed by atoms with Gasteiger partial charge in [0.1, 0.15) is 6.10 Å². The molecule has 3 heteroatoms. The highest BCUT2D eigenvalue weighted by Gasteiger charge is 2.22. The molecular weight excluding hydrogens is 315 g/mol. The van der Waals surface area contributed by atoms with Crippen LogP contribution in [0.1, 0.15) is 94.6 Å². The predicted octanol–water partition coefficient (Wildman–Crippen LogP) is 7.41. The summed E-state index contributed by atoms with van der Waals surface area (Å²) in [6.07, 6.45) is -0.126. The maximum absolute atomic E-state index is 5.96. The summed E-state index contributed by atoms with van der Waals surface area (Å²) >= 11 is 11.6. The fourth-order valence-corrected chi connectivity index (χ4v) is 2.92. The molecule has 0 bridgehead atoms. The standard InChI is InChI=1S/C19H28Cl2O/c1-11(2)15-8-16(12(3)4)19(17(9-15)13(5)6)14(7)22-18(21)10-20/h8-14H,1-7H3/b18-10-. The van der Waals surface area contributed by atoms with Crippen LogP contribution in [-0.2, 0) is 4.74 Å². The van der Waals surface area contributed by atoms with Crippen molar-refractivity contribution in [2.75, 3.05) is 0 Å². The van der Waals surface area contributed by atoms with Crippen LogP contribution in [-0.4, -0.2) is 0 Å². The van der Waals surface area contributed by atoms with Crippen molar-refractivity contribution in [2.24, 2.45) is 0 Å². The van der Waals surface area contributed by atoms with E-state index in [0.29, 0.717) is 17.8 Å². The smallest absolute Gasteiger partial charge is 0.199 e. The van der Waals surface area contributed by atoms with Gasteiger partial charge in [-0.15, -0.1) is 0 Å². The van der Waals surface area contributed by atoms with E-state index in [0.717, 1.165) is 0 Å². The molecule has 0 N–H and O–H groups in total. The SMILES string of the molecule is CC(C)c1cc(C(C)C)c(C(C)O/C(Cl)=C\Cl)c(C(C)C)c1. The third-order valence-corrected chi connectivity index (χ3v) is 4.47. The van der Waals surface area contributed by atoms with Crippen LogP contribution < -0.4 is 0 Å². The predicted molar refractivity (Wildman–Crippen MR) is 98.0 cm³/mol. The van der Waals surface area contributed by atoms with Gasteiger partial charge >= 0.3 is 0 Å². The zero-order valence-corrected chi connectivity index (χ0v) is 16.2. The Balaban J connectivity index is 3.50. The van der Waals surface area contributed by atoms with E-state index >= 15 is 0 Å². The van der Waals surface area contributed by atoms with Gasteiger partial charge in [-0.05, 0) is 58.5 Å². The molecule has 0 radical (unpaired) electrons. The first kappa shape index (κ1) is 19.4. The molecule has 0 heterocycles. The Morgan fingerprint density at radius 2 is 1.36 bits per heavy atom. The minimum atomic E-state index is -0.126. The number of hydrogen-bond donors (Lipinski definition) is 0. The number of rotatable bonds is 6. The van der Waals surface area contributed by atoms with Gasteiger partial charge in [-0.1, -0.05) is 65.3 Å². The van der Waals surface area contributed by atoms with Crippen LogP contribution in [0.15, 0.2) is 22.9 Å². The van der Waals surface area contributed by atoms with E-state index in [9.17, 15) is 0 Å². The van der Waals surface area contributed by atoms with Crippen molar-refractivity contribution in [1.29, 1.82) is 0 Å². The summed E-state index contributed by atoms with van der Waals surface area (Å²) < 4.78 is 5.76. The molecule has 1 aromatic carbocycles. The second-order valence-electron chi connectivity index (χ2n) is 6.75. The van der Waals surface area contributed by atoms with E-state index in [4.69, 9.17) is 27.9 Å². The monoisotopic (exact) mass is 342 g/mol. The van der Waals surface area contributed by atoms with Gasteiger partial charge in [-0.25, -0.2) is 0 Å². The molecule has 0 amide bonds. The zero-order valence-electron chi connectivity index (χ0n) is 14.7. The van der Waals surface area contributed by atoms with Gasteiger partial charge in [-0.3, -0.25) is 0 Å². The van der Waals surface area contributed by atoms with Crippen molar-refractivity contribution in [3.05, 3.63) is 45.1 Å². The molecule has 0 spiro atoms. The molecule has 1 nitrogen and oxygen atoms in total. The Hall–Kier alpha value is -0.660. The third-order valence-electron chi connectivity index (χ3n) is 3.96. The zero-order chi connectivity index (χ0) is 17.0. The van der Waals surface area contributed by atoms with Gasteiger partial charge in [-0.2, -0.15) is 0 Å². The molecule has 1 rings (SSSR count). The van der Waals surface area contributed by atoms with E-state index < -0.39 is 0 Å². The number of benzene rings is 1. The molecule has 0 aliphatic heterocycles. The van der Waals surface area contributed by atoms with Crippen molar-refractivity contribution >= 4 is 23.2 Å². The minimum Gasteiger partial charge on any atom is -0.474 e. The average molecular weight is 343 g/mol. The summed E-state index contributed by atoms with van der Waals surface area (Å²) in [5.74, 6) is 1.36. The molecule has 0 saturated heterocycles. The van der Waals surface area contributed by atoms with Crippen molar-refractivity contribution in [1.82, 2.24) is 0 Å². The summed E-state index contributed by atoms with van der Waals surface area (Å²) in [5.41, 5.74) is 6.56. The molecule has 1 unspecified atom stereocenters. The van der Waals surface area contributed by atoms with Crippen LogP contribution in [0, 0.1) is 0 Å². The largest absolute Gasteiger partial charge is 0.474 e. The minimum absolute atomic E-state index is 0.126. The lowest BCUT2D eigenvalue weighted by molar-refractivity contribution is 0.151. The first-order valence-electron chi connectivity index (χ1n) is 7.99. The Morgan fingerprint density at radius 1 is 0.909 bits per heavy atom. The van der Waals surface area contributed by atoms with E-state index in [1.54, 1.807) is 0 Å². The second-order valence-corrected chi connectivity index (χ2v) is 7.34. The van der Waals surface area contributed by atoms with Crippen LogP contribution >= 0.6 is 23.2 Å². The summed E-state index contributed by atoms with van der Waals surface area (Å²) in [5, 5.41) is 0.228. The Morgan fingerprint density at radius 3 is 1.68 bits per heavy atom. The van der Waals surface area contributed by atoms with E-state index in [-0.39, 0.29) is 11.3 Å². The van der Waals surface area contributed by atoms with Gasteiger partial charge in [0.2, 0.25) is 0 Å². The summed E-state index contributed by atoms with van der Waals surface area (Å²) in [6.45, 7) is 15.4. The molecule has 0 aliphatic rings. The molecule has 0 aromatic heterocycles. The third kappa shape index (κ3) is 4.67. The van der Waals surface area contributed by atoms with Gasteiger partial charge in [0.05, 0.1) is 5.54 Å². The molecule has 0 fully saturated rings. The highest BCUT2D eigenvalue weighted by Crippen LogP contribution is 2.37. The van der Waals surface area contributed by atoms with Crippen LogP contribution in [0.25, 0.3) is 0 Å². The van der Waals surface area contributed by atoms with Crippen LogP contribution in [0.5, 0.6) is 0 Å². The fourth-order valence-electron chi connectivity index (χ4n) is 2.73. The number of ether oxygens (including phenoxy) is 1. The average Bonchev–Trinajstić information content (AvgIpc) is 2.44. The van der Waals surface area contributed by atoms with Crippen molar-refractivity contribution in [2.45, 2.75) is 72.3 Å². The van der Waals surface area contributed by atoms with Crippen LogP contribution in [0.3, 0.4) is 0 Å². The maximum Gasteiger partial charge on any atom is 0.199 e. The Labute approximate surface area is 145 Å². The van der Waals surface area contributed by atoms with Gasteiger partial charge in [0.15, 0.2) is 5.22 Å². The molecule has 0 aliphatic carbocycles. The summed E-state index contributed by atoms with van der Waals surface area (Å²) in [4.78, 5) is 0. The first-order chi connectivity index (χ1) is 10.2. The lowest BCUT2D eigenvalue weighted by Crippen LogP contribution is -2.11. The van der Waals surface area contributed by atoms with Gasteiger partial charge in [0.25, 0.3) is 0 Å². The van der Waals surface area contributed by atoms with E-state index in [1.807, 2.05) is 6.92 Å². The van der Waals surface area contributed by atoms with Crippen LogP contribution in [0.2, 0.25) is 0 Å². The van der Waals surface area contributed by atoms with E-state index in [1.165, 1.54) is 27.8 Å². The highest BCUT2D eigenvalue weighted by atomic mass is 35.5. The lowest BCUT2D eigenvalue weighted by atomic mass is 9.82. The second kappa shape index (κ2) is 8.26. The molecule has 1 atom stereocenters. The number of halogens is 2. The topological polar surface area (TPSA) is 9.23 Å². The normalized spacial score (nSPS) is 14.1. The van der Waals surface area contributed by atoms with Crippen LogP contribution in [0.4, 0.5) is 0 Å². The summed E-state index contributed by atoms with van der Waals surface area (Å²) in [7, 11) is 0. The van der Waals surface area contributed by atoms with Gasteiger partial charge < -0.3 is 4.74 Å². The highest BCUT2D eigenvalue weighted by molar-refractivity contribution is 6.35. The van der Waals surface area contributed by atoms with Crippen molar-refractivity contribution in [3.63, 3.8) is 0 Å². The molecule has 124 valence electrons. The molecule has 22 heavy (non-hydrogen) atoms. The van der Waals surface area contributed by atoms with E-state index in [2.05, 4.69) is 53.7 Å². The quantitative estimate of drug-likeness (QED) is 0.489. The Bertz CT molecular complexity index is 501. The maximum atomic E-state index is 5.96. The van der Waals surface area contributed by atoms with Gasteiger partial charge in [0, 0.05) is 0 Å². The first-order valence-corrected chi connectivity index (χ1v) is 8.80. The molecule has 0 saturated carbocycles. The number of hydrogen-bond acceptors (Lipinski definition) is 1. The lowest BCUT2D eigenvalue weighted by Gasteiger charge is -2.26. The molecule has 1 aromatic rings. The van der Waals surface area contributed by atoms with Crippen molar-refractivity contribution < 1.29 is 4.74 Å². The van der Waals surface area contributed by atoms with Crippen molar-refractivity contribution in [3.8, 4) is 0 Å². The Kier molecular flexibility index (Phi) is 7.28.